The highest BCUT2D eigenvalue weighted by atomic mass is 19.1. The van der Waals surface area contributed by atoms with Crippen molar-refractivity contribution in [3.8, 4) is 0 Å². The predicted octanol–water partition coefficient (Wildman–Crippen LogP) is 0.646. The maximum atomic E-state index is 13.2. The van der Waals surface area contributed by atoms with Gasteiger partial charge in [-0.15, -0.1) is 0 Å². The maximum Gasteiger partial charge on any atom is 0.253 e. The zero-order valence-corrected chi connectivity index (χ0v) is 11.2. The van der Waals surface area contributed by atoms with Gasteiger partial charge in [-0.1, -0.05) is 6.07 Å². The monoisotopic (exact) mass is 280 g/mol. The van der Waals surface area contributed by atoms with Crippen molar-refractivity contribution in [2.45, 2.75) is 0 Å². The molecule has 5 nitrogen and oxygen atoms in total. The van der Waals surface area contributed by atoms with Crippen molar-refractivity contribution in [3.63, 3.8) is 0 Å². The van der Waals surface area contributed by atoms with Crippen LogP contribution in [0.3, 0.4) is 0 Å². The summed E-state index contributed by atoms with van der Waals surface area (Å²) in [6.45, 7) is 0.996. The van der Waals surface area contributed by atoms with Crippen LogP contribution in [0, 0.1) is 17.7 Å². The molecular weight excluding hydrogens is 263 g/mol. The van der Waals surface area contributed by atoms with Crippen LogP contribution in [0.4, 0.5) is 4.39 Å². The van der Waals surface area contributed by atoms with E-state index in [0.29, 0.717) is 13.2 Å². The molecule has 6 heteroatoms. The molecule has 1 aliphatic rings. The standard InChI is InChI=1S/C14H17FN2O3/c1-20-8-10-6-17(7-12(10)13(16)18)14(19)9-3-2-4-11(15)5-9/h2-5,10,12H,6-8H2,1H3,(H2,16,18)/t10-,12+/m0/s1. The highest BCUT2D eigenvalue weighted by Gasteiger charge is 2.38. The van der Waals surface area contributed by atoms with Gasteiger partial charge in [0.05, 0.1) is 12.5 Å². The number of hydrogen-bond donors (Lipinski definition) is 1. The summed E-state index contributed by atoms with van der Waals surface area (Å²) in [5.74, 6) is -1.74. The third-order valence-electron chi connectivity index (χ3n) is 3.55. The first-order valence-corrected chi connectivity index (χ1v) is 6.36. The number of hydrogen-bond acceptors (Lipinski definition) is 3. The summed E-state index contributed by atoms with van der Waals surface area (Å²) >= 11 is 0. The van der Waals surface area contributed by atoms with Crippen molar-refractivity contribution in [1.29, 1.82) is 0 Å². The minimum atomic E-state index is -0.463. The Morgan fingerprint density at radius 3 is 2.80 bits per heavy atom. The van der Waals surface area contributed by atoms with E-state index in [9.17, 15) is 14.0 Å². The van der Waals surface area contributed by atoms with Crippen molar-refractivity contribution in [3.05, 3.63) is 35.6 Å². The summed E-state index contributed by atoms with van der Waals surface area (Å²) in [6, 6.07) is 5.50. The number of nitrogens with zero attached hydrogens (tertiary/aromatic N) is 1. The van der Waals surface area contributed by atoms with E-state index in [1.165, 1.54) is 30.2 Å². The molecule has 0 aliphatic carbocycles. The number of rotatable bonds is 4. The lowest BCUT2D eigenvalue weighted by molar-refractivity contribution is -0.122. The number of ether oxygens (including phenoxy) is 1. The smallest absolute Gasteiger partial charge is 0.253 e. The Morgan fingerprint density at radius 1 is 1.45 bits per heavy atom. The molecule has 0 saturated carbocycles. The Morgan fingerprint density at radius 2 is 2.20 bits per heavy atom. The van der Waals surface area contributed by atoms with Gasteiger partial charge >= 0.3 is 0 Å². The van der Waals surface area contributed by atoms with E-state index in [4.69, 9.17) is 10.5 Å². The second-order valence-electron chi connectivity index (χ2n) is 4.94. The topological polar surface area (TPSA) is 72.6 Å². The lowest BCUT2D eigenvalue weighted by atomic mass is 9.96. The van der Waals surface area contributed by atoms with Gasteiger partial charge in [-0.3, -0.25) is 9.59 Å². The van der Waals surface area contributed by atoms with Crippen LogP contribution in [-0.2, 0) is 9.53 Å². The molecular formula is C14H17FN2O3. The maximum absolute atomic E-state index is 13.2. The molecule has 1 aromatic carbocycles. The van der Waals surface area contributed by atoms with Gasteiger partial charge in [-0.2, -0.15) is 0 Å². The van der Waals surface area contributed by atoms with Crippen molar-refractivity contribution < 1.29 is 18.7 Å². The van der Waals surface area contributed by atoms with Gasteiger partial charge in [0.2, 0.25) is 5.91 Å². The predicted molar refractivity (Wildman–Crippen MR) is 70.4 cm³/mol. The van der Waals surface area contributed by atoms with Crippen LogP contribution in [0.1, 0.15) is 10.4 Å². The number of carbonyl (C=O) groups is 2. The molecule has 1 aromatic rings. The van der Waals surface area contributed by atoms with Crippen LogP contribution in [0.15, 0.2) is 24.3 Å². The average molecular weight is 280 g/mol. The SMILES string of the molecule is COC[C@@H]1CN(C(=O)c2cccc(F)c2)C[C@H]1C(N)=O. The lowest BCUT2D eigenvalue weighted by Gasteiger charge is -2.16. The fraction of sp³-hybridized carbons (Fsp3) is 0.429. The van der Waals surface area contributed by atoms with E-state index in [1.54, 1.807) is 6.07 Å². The molecule has 0 aromatic heterocycles. The Labute approximate surface area is 116 Å². The van der Waals surface area contributed by atoms with Crippen LogP contribution < -0.4 is 5.73 Å². The number of halogens is 1. The number of carbonyl (C=O) groups excluding carboxylic acids is 2. The molecule has 2 N–H and O–H groups in total. The van der Waals surface area contributed by atoms with E-state index in [1.807, 2.05) is 0 Å². The second-order valence-corrected chi connectivity index (χ2v) is 4.94. The van der Waals surface area contributed by atoms with Gasteiger partial charge in [0.25, 0.3) is 5.91 Å². The average Bonchev–Trinajstić information content (AvgIpc) is 2.82. The normalized spacial score (nSPS) is 22.0. The summed E-state index contributed by atoms with van der Waals surface area (Å²) in [5, 5.41) is 0. The van der Waals surface area contributed by atoms with Crippen LogP contribution in [0.5, 0.6) is 0 Å². The Hall–Kier alpha value is -1.95. The first kappa shape index (κ1) is 14.5. The molecule has 0 bridgehead atoms. The zero-order chi connectivity index (χ0) is 14.7. The first-order chi connectivity index (χ1) is 9.52. The molecule has 20 heavy (non-hydrogen) atoms. The van der Waals surface area contributed by atoms with Gasteiger partial charge in [0.15, 0.2) is 0 Å². The van der Waals surface area contributed by atoms with Gasteiger partial charge in [-0.25, -0.2) is 4.39 Å². The molecule has 1 saturated heterocycles. The van der Waals surface area contributed by atoms with Crippen LogP contribution >= 0.6 is 0 Å². The van der Waals surface area contributed by atoms with Crippen LogP contribution in [-0.4, -0.2) is 43.5 Å². The third-order valence-corrected chi connectivity index (χ3v) is 3.55. The number of likely N-dealkylation sites (tertiary alicyclic amines) is 1. The molecule has 1 aliphatic heterocycles. The highest BCUT2D eigenvalue weighted by molar-refractivity contribution is 5.95. The molecule has 108 valence electrons. The Balaban J connectivity index is 2.14. The molecule has 1 fully saturated rings. The molecule has 2 rings (SSSR count). The van der Waals surface area contributed by atoms with E-state index < -0.39 is 17.6 Å². The van der Waals surface area contributed by atoms with E-state index in [0.717, 1.165) is 0 Å². The van der Waals surface area contributed by atoms with Gasteiger partial charge in [0.1, 0.15) is 5.82 Å². The molecule has 0 radical (unpaired) electrons. The molecule has 0 unspecified atom stereocenters. The van der Waals surface area contributed by atoms with Crippen molar-refractivity contribution >= 4 is 11.8 Å². The quantitative estimate of drug-likeness (QED) is 0.880. The number of primary amides is 1. The molecule has 2 atom stereocenters. The second kappa shape index (κ2) is 6.00. The van der Waals surface area contributed by atoms with Crippen molar-refractivity contribution in [2.24, 2.45) is 17.6 Å². The molecule has 0 spiro atoms. The number of benzene rings is 1. The van der Waals surface area contributed by atoms with Crippen molar-refractivity contribution in [2.75, 3.05) is 26.8 Å². The van der Waals surface area contributed by atoms with E-state index >= 15 is 0 Å². The molecule has 1 heterocycles. The summed E-state index contributed by atoms with van der Waals surface area (Å²) in [5.41, 5.74) is 5.62. The van der Waals surface area contributed by atoms with Gasteiger partial charge < -0.3 is 15.4 Å². The van der Waals surface area contributed by atoms with Crippen LogP contribution in [0.25, 0.3) is 0 Å². The Kier molecular flexibility index (Phi) is 4.34. The minimum Gasteiger partial charge on any atom is -0.384 e. The van der Waals surface area contributed by atoms with Gasteiger partial charge in [-0.05, 0) is 18.2 Å². The number of methoxy groups -OCH3 is 1. The van der Waals surface area contributed by atoms with Crippen LogP contribution in [0.2, 0.25) is 0 Å². The van der Waals surface area contributed by atoms with Gasteiger partial charge in [0, 0.05) is 31.7 Å². The summed E-state index contributed by atoms with van der Waals surface area (Å²) in [6.07, 6.45) is 0. The fourth-order valence-corrected chi connectivity index (χ4v) is 2.55. The largest absolute Gasteiger partial charge is 0.384 e. The summed E-state index contributed by atoms with van der Waals surface area (Å²) < 4.78 is 18.2. The fourth-order valence-electron chi connectivity index (χ4n) is 2.55. The third kappa shape index (κ3) is 2.96. The lowest BCUT2D eigenvalue weighted by Crippen LogP contribution is -2.32. The summed E-state index contributed by atoms with van der Waals surface area (Å²) in [7, 11) is 1.54. The van der Waals surface area contributed by atoms with Crippen molar-refractivity contribution in [1.82, 2.24) is 4.90 Å². The number of amides is 2. The van der Waals surface area contributed by atoms with E-state index in [-0.39, 0.29) is 23.9 Å². The number of nitrogens with two attached hydrogens (primary N) is 1. The Bertz CT molecular complexity index is 521. The summed E-state index contributed by atoms with van der Waals surface area (Å²) in [4.78, 5) is 25.2. The molecule has 2 amide bonds. The zero-order valence-electron chi connectivity index (χ0n) is 11.2. The highest BCUT2D eigenvalue weighted by Crippen LogP contribution is 2.25. The van der Waals surface area contributed by atoms with E-state index in [2.05, 4.69) is 0 Å². The minimum absolute atomic E-state index is 0.116. The first-order valence-electron chi connectivity index (χ1n) is 6.36.